The van der Waals surface area contributed by atoms with E-state index in [4.69, 9.17) is 16.3 Å². The van der Waals surface area contributed by atoms with Gasteiger partial charge in [0.05, 0.1) is 36.6 Å². The van der Waals surface area contributed by atoms with Crippen molar-refractivity contribution < 1.29 is 80.2 Å². The lowest BCUT2D eigenvalue weighted by Gasteiger charge is -2.44. The number of benzene rings is 1. The van der Waals surface area contributed by atoms with Crippen LogP contribution in [0.5, 0.6) is 0 Å². The fourth-order valence-electron chi connectivity index (χ4n) is 16.9. The summed E-state index contributed by atoms with van der Waals surface area (Å²) in [6.07, 6.45) is 5.38. The predicted molar refractivity (Wildman–Crippen MR) is 416 cm³/mol. The second-order valence-electron chi connectivity index (χ2n) is 34.3. The summed E-state index contributed by atoms with van der Waals surface area (Å²) < 4.78 is 47.8. The molecule has 8 atom stereocenters. The number of hydrogen-bond donors (Lipinski definition) is 3. The Morgan fingerprint density at radius 3 is 1.75 bits per heavy atom. The topological polar surface area (TPSA) is 300 Å². The standard InChI is InChI=1S/C81H127ClF3N13O14/c1-16-52(4)68-75(108)91(10)49-66(101)89(8)50-67(102)93(12)62(44-53-28-20-17-21-29-53)73(106)90(9)48-64(99)86-59(36-33-54-32-35-57(58(82)43-54)81(83,84)85)72(105)94(13)60(37-34-55-46-98(47-55)78(111)112-79(5,6)7)71(104)88-80(38-24-25-39-80)77(110)96(15)69(56-30-22-18-23-31-56)76(109)95(14)63(74(107)97-40-26-19-27-41-97)45-65(100)92(11)61(42-51(2)3)70(103)87-68/h32,35,43,51-53,55-56,59-63,68-69H,16-31,33-34,36-42,44-50H2,1-15H3,(H,86,99)(H,87,103)(H,88,104)/t52-,59-,60-,61-,62-,63-,68-,69-/m0/s1. The van der Waals surface area contributed by atoms with Crippen molar-refractivity contribution in [1.82, 2.24) is 64.9 Å². The fourth-order valence-corrected chi connectivity index (χ4v) is 17.2. The molecule has 0 aromatic heterocycles. The Balaban J connectivity index is 1.34. The highest BCUT2D eigenvalue weighted by Crippen LogP contribution is 2.39. The molecule has 0 bridgehead atoms. The van der Waals surface area contributed by atoms with Gasteiger partial charge in [0.25, 0.3) is 0 Å². The van der Waals surface area contributed by atoms with E-state index >= 15 is 33.6 Å². The molecule has 112 heavy (non-hydrogen) atoms. The Bertz CT molecular complexity index is 3490. The number of likely N-dealkylation sites (N-methyl/N-ethyl adjacent to an activating group) is 8. The van der Waals surface area contributed by atoms with Gasteiger partial charge in [0, 0.05) is 82.6 Å². The zero-order chi connectivity index (χ0) is 83.0. The summed E-state index contributed by atoms with van der Waals surface area (Å²) in [5.41, 5.74) is -3.32. The van der Waals surface area contributed by atoms with E-state index in [9.17, 15) is 41.9 Å². The maximum Gasteiger partial charge on any atom is 0.417 e. The molecule has 3 saturated heterocycles. The number of halogens is 4. The van der Waals surface area contributed by atoms with Crippen LogP contribution >= 0.6 is 11.6 Å². The van der Waals surface area contributed by atoms with Crippen LogP contribution in [0.2, 0.25) is 5.02 Å². The lowest BCUT2D eigenvalue weighted by Crippen LogP contribution is -2.65. The summed E-state index contributed by atoms with van der Waals surface area (Å²) >= 11 is 6.24. The van der Waals surface area contributed by atoms with E-state index in [1.54, 1.807) is 32.6 Å². The van der Waals surface area contributed by atoms with E-state index in [1.807, 2.05) is 20.8 Å². The van der Waals surface area contributed by atoms with Crippen LogP contribution in [0.15, 0.2) is 18.2 Å². The number of nitrogens with zero attached hydrogens (tertiary/aromatic N) is 10. The number of nitrogens with one attached hydrogen (secondary N) is 3. The van der Waals surface area contributed by atoms with Gasteiger partial charge < -0.3 is 69.7 Å². The Morgan fingerprint density at radius 2 is 1.17 bits per heavy atom. The molecule has 3 heterocycles. The third-order valence-corrected chi connectivity index (χ3v) is 24.4. The number of rotatable bonds is 14. The van der Waals surface area contributed by atoms with Crippen LogP contribution in [0.1, 0.15) is 214 Å². The van der Waals surface area contributed by atoms with Gasteiger partial charge in [0.1, 0.15) is 53.4 Å². The zero-order valence-corrected chi connectivity index (χ0v) is 69.7. The Kier molecular flexibility index (Phi) is 33.0. The van der Waals surface area contributed by atoms with Gasteiger partial charge in [-0.15, -0.1) is 0 Å². The quantitative estimate of drug-likeness (QED) is 0.160. The fraction of sp³-hybridized carbons (Fsp3) is 0.765. The zero-order valence-electron chi connectivity index (χ0n) is 69.0. The van der Waals surface area contributed by atoms with E-state index in [0.29, 0.717) is 70.9 Å². The van der Waals surface area contributed by atoms with Crippen molar-refractivity contribution in [2.24, 2.45) is 29.6 Å². The van der Waals surface area contributed by atoms with Crippen LogP contribution in [-0.4, -0.2) is 282 Å². The molecule has 13 amide bonds. The van der Waals surface area contributed by atoms with Crippen molar-refractivity contribution in [3.05, 3.63) is 34.3 Å². The largest absolute Gasteiger partial charge is 0.444 e. The normalized spacial score (nSPS) is 25.8. The molecule has 31 heteroatoms. The van der Waals surface area contributed by atoms with E-state index < -0.39 is 185 Å². The van der Waals surface area contributed by atoms with Crippen LogP contribution in [0.4, 0.5) is 18.0 Å². The number of aryl methyl sites for hydroxylation is 1. The molecule has 3 N–H and O–H groups in total. The van der Waals surface area contributed by atoms with Crippen LogP contribution in [0.3, 0.4) is 0 Å². The van der Waals surface area contributed by atoms with Crippen molar-refractivity contribution in [1.29, 1.82) is 0 Å². The van der Waals surface area contributed by atoms with Crippen molar-refractivity contribution in [3.8, 4) is 0 Å². The van der Waals surface area contributed by atoms with Crippen molar-refractivity contribution in [2.45, 2.75) is 269 Å². The highest BCUT2D eigenvalue weighted by molar-refractivity contribution is 6.31. The van der Waals surface area contributed by atoms with Gasteiger partial charge in [0.15, 0.2) is 0 Å². The van der Waals surface area contributed by atoms with E-state index in [0.717, 1.165) is 76.7 Å². The van der Waals surface area contributed by atoms with E-state index in [-0.39, 0.29) is 87.8 Å². The highest BCUT2D eigenvalue weighted by Gasteiger charge is 2.51. The molecular weight excluding hydrogens is 1470 g/mol. The maximum atomic E-state index is 16.1. The molecule has 7 rings (SSSR count). The molecule has 3 aliphatic heterocycles. The first-order valence-corrected chi connectivity index (χ1v) is 41.1. The minimum absolute atomic E-state index is 0.0141. The number of piperidine rings is 1. The average Bonchev–Trinajstić information content (AvgIpc) is 1.59. The smallest absolute Gasteiger partial charge is 0.417 e. The van der Waals surface area contributed by atoms with Gasteiger partial charge in [0.2, 0.25) is 70.9 Å². The second kappa shape index (κ2) is 40.5. The molecule has 1 aromatic carbocycles. The predicted octanol–water partition coefficient (Wildman–Crippen LogP) is 7.91. The molecule has 6 aliphatic rings. The third-order valence-electron chi connectivity index (χ3n) is 24.1. The van der Waals surface area contributed by atoms with Crippen molar-refractivity contribution in [2.75, 3.05) is 102 Å². The van der Waals surface area contributed by atoms with Gasteiger partial charge >= 0.3 is 12.3 Å². The molecule has 3 aliphatic carbocycles. The number of likely N-dealkylation sites (tertiary alicyclic amines) is 2. The number of hydrogen-bond acceptors (Lipinski definition) is 14. The lowest BCUT2D eigenvalue weighted by molar-refractivity contribution is -0.157. The number of amides is 13. The van der Waals surface area contributed by atoms with Gasteiger partial charge in [-0.2, -0.15) is 13.2 Å². The maximum absolute atomic E-state index is 16.1. The van der Waals surface area contributed by atoms with E-state index in [1.165, 1.54) is 86.9 Å². The Morgan fingerprint density at radius 1 is 0.589 bits per heavy atom. The molecule has 1 spiro atoms. The molecule has 6 fully saturated rings. The molecule has 3 saturated carbocycles. The monoisotopic (exact) mass is 1600 g/mol. The summed E-state index contributed by atoms with van der Waals surface area (Å²) in [7, 11) is 11.3. The second-order valence-corrected chi connectivity index (χ2v) is 34.7. The summed E-state index contributed by atoms with van der Waals surface area (Å²) in [5, 5.41) is 8.21. The van der Waals surface area contributed by atoms with E-state index in [2.05, 4.69) is 16.0 Å². The Hall–Kier alpha value is -7.79. The minimum atomic E-state index is -4.80. The van der Waals surface area contributed by atoms with Crippen LogP contribution in [0.25, 0.3) is 0 Å². The number of carbonyl (C=O) groups is 13. The lowest BCUT2D eigenvalue weighted by atomic mass is 9.81. The number of ether oxygens (including phenoxy) is 1. The molecule has 0 unspecified atom stereocenters. The third kappa shape index (κ3) is 24.2. The molecule has 628 valence electrons. The van der Waals surface area contributed by atoms with Crippen LogP contribution in [-0.2, 0) is 74.9 Å². The highest BCUT2D eigenvalue weighted by atomic mass is 35.5. The van der Waals surface area contributed by atoms with Gasteiger partial charge in [-0.1, -0.05) is 116 Å². The summed E-state index contributed by atoms with van der Waals surface area (Å²) in [6, 6.07) is -6.12. The van der Waals surface area contributed by atoms with Gasteiger partial charge in [-0.25, -0.2) is 4.79 Å². The number of alkyl halides is 3. The number of carbonyl (C=O) groups excluding carboxylic acids is 13. The average molecular weight is 1600 g/mol. The van der Waals surface area contributed by atoms with Crippen molar-refractivity contribution >= 4 is 88.6 Å². The molecule has 1 aromatic rings. The molecule has 27 nitrogen and oxygen atoms in total. The first-order chi connectivity index (χ1) is 52.6. The molecular formula is C81H127ClF3N13O14. The Labute approximate surface area is 665 Å². The van der Waals surface area contributed by atoms with Gasteiger partial charge in [-0.05, 0) is 152 Å². The van der Waals surface area contributed by atoms with Crippen LogP contribution < -0.4 is 16.0 Å². The molecule has 0 radical (unpaired) electrons. The van der Waals surface area contributed by atoms with Crippen LogP contribution in [0, 0.1) is 29.6 Å². The SMILES string of the molecule is CC[C@H](C)[C@@H]1NC(=O)[C@H](CC(C)C)N(C)C(=O)C[C@@H](C(=O)N2CCCCC2)N(C)C(=O)[C@H](C2CCCCC2)N(C)C(=O)C2(CCCC2)NC(=O)[C@H](CCC2CN(C(=O)OC(C)(C)C)C2)N(C)C(=O)[C@H](CCc2ccc(C(F)(F)F)c(Cl)c2)NC(=O)CN(C)C(=O)[C@H](CC2CCCCC2)N(C)C(=O)CN(C)C(=O)CN(C)C1=O. The van der Waals surface area contributed by atoms with Gasteiger partial charge in [-0.3, -0.25) is 57.5 Å². The minimum Gasteiger partial charge on any atom is -0.444 e. The first kappa shape index (κ1) is 91.4. The first-order valence-electron chi connectivity index (χ1n) is 40.7. The summed E-state index contributed by atoms with van der Waals surface area (Å²) in [6.45, 7) is 12.0. The van der Waals surface area contributed by atoms with Crippen molar-refractivity contribution in [3.63, 3.8) is 0 Å². The summed E-state index contributed by atoms with van der Waals surface area (Å²) in [5.74, 6) is -9.54. The summed E-state index contributed by atoms with van der Waals surface area (Å²) in [4.78, 5) is 209.